The minimum atomic E-state index is -0.707. The van der Waals surface area contributed by atoms with Gasteiger partial charge in [0, 0.05) is 6.42 Å². The first-order chi connectivity index (χ1) is 4.54. The van der Waals surface area contributed by atoms with Crippen molar-refractivity contribution in [3.05, 3.63) is 0 Å². The second-order valence-electron chi connectivity index (χ2n) is 2.13. The molecular weight excluding hydrogens is 250 g/mol. The number of methoxy groups -OCH3 is 1. The molecule has 0 heterocycles. The summed E-state index contributed by atoms with van der Waals surface area (Å²) in [4.78, 5) is 10.8. The van der Waals surface area contributed by atoms with Crippen molar-refractivity contribution in [2.24, 2.45) is 0 Å². The van der Waals surface area contributed by atoms with E-state index in [9.17, 15) is 9.18 Å². The van der Waals surface area contributed by atoms with Crippen LogP contribution in [-0.4, -0.2) is 23.2 Å². The van der Waals surface area contributed by atoms with Gasteiger partial charge in [-0.05, 0) is 6.92 Å². The zero-order valence-corrected chi connectivity index (χ0v) is 8.14. The van der Waals surface area contributed by atoms with Gasteiger partial charge in [-0.3, -0.25) is 9.18 Å². The van der Waals surface area contributed by atoms with Gasteiger partial charge in [-0.1, -0.05) is 22.6 Å². The molecule has 0 saturated carbocycles. The minimum Gasteiger partial charge on any atom is -0.468 e. The molecule has 1 atom stereocenters. The molecular formula is C6H10FIO2. The number of hydrogen-bond acceptors (Lipinski definition) is 2. The molecule has 0 aliphatic heterocycles. The van der Waals surface area contributed by atoms with E-state index < -0.39 is 10.1 Å². The van der Waals surface area contributed by atoms with Gasteiger partial charge >= 0.3 is 5.97 Å². The van der Waals surface area contributed by atoms with Crippen LogP contribution in [0.2, 0.25) is 0 Å². The van der Waals surface area contributed by atoms with E-state index in [-0.39, 0.29) is 12.4 Å². The SMILES string of the molecule is COC(=O)C(C)(I)CCF. The van der Waals surface area contributed by atoms with Crippen LogP contribution in [-0.2, 0) is 9.53 Å². The van der Waals surface area contributed by atoms with Gasteiger partial charge in [-0.2, -0.15) is 0 Å². The summed E-state index contributed by atoms with van der Waals surface area (Å²) in [6, 6.07) is 0. The van der Waals surface area contributed by atoms with Gasteiger partial charge in [-0.15, -0.1) is 0 Å². The van der Waals surface area contributed by atoms with E-state index in [0.29, 0.717) is 0 Å². The van der Waals surface area contributed by atoms with Crippen LogP contribution in [0.5, 0.6) is 0 Å². The van der Waals surface area contributed by atoms with E-state index in [1.165, 1.54) is 7.11 Å². The molecule has 0 aliphatic carbocycles. The van der Waals surface area contributed by atoms with Crippen molar-refractivity contribution >= 4 is 28.6 Å². The molecule has 4 heteroatoms. The highest BCUT2D eigenvalue weighted by atomic mass is 127. The van der Waals surface area contributed by atoms with Gasteiger partial charge in [0.25, 0.3) is 0 Å². The molecule has 0 aromatic heterocycles. The maximum atomic E-state index is 11.8. The second kappa shape index (κ2) is 4.10. The van der Waals surface area contributed by atoms with E-state index in [1.807, 2.05) is 22.6 Å². The molecule has 0 aliphatic rings. The molecule has 0 radical (unpaired) electrons. The first kappa shape index (κ1) is 10.1. The zero-order valence-electron chi connectivity index (χ0n) is 5.99. The van der Waals surface area contributed by atoms with Crippen LogP contribution in [0, 0.1) is 0 Å². The van der Waals surface area contributed by atoms with Crippen molar-refractivity contribution in [3.63, 3.8) is 0 Å². The monoisotopic (exact) mass is 260 g/mol. The first-order valence-electron chi connectivity index (χ1n) is 2.88. The maximum absolute atomic E-state index is 11.8. The van der Waals surface area contributed by atoms with Gasteiger partial charge < -0.3 is 4.74 Å². The van der Waals surface area contributed by atoms with Crippen molar-refractivity contribution in [3.8, 4) is 0 Å². The van der Waals surface area contributed by atoms with Crippen molar-refractivity contribution in [2.45, 2.75) is 16.8 Å². The van der Waals surface area contributed by atoms with Crippen molar-refractivity contribution in [1.82, 2.24) is 0 Å². The average Bonchev–Trinajstić information content (AvgIpc) is 1.86. The summed E-state index contributed by atoms with van der Waals surface area (Å²) in [6.45, 7) is 1.16. The fourth-order valence-electron chi connectivity index (χ4n) is 0.492. The van der Waals surface area contributed by atoms with E-state index in [1.54, 1.807) is 6.92 Å². The number of rotatable bonds is 3. The van der Waals surface area contributed by atoms with Crippen LogP contribution in [0.25, 0.3) is 0 Å². The van der Waals surface area contributed by atoms with Crippen molar-refractivity contribution in [2.75, 3.05) is 13.8 Å². The number of alkyl halides is 2. The Morgan fingerprint density at radius 1 is 1.80 bits per heavy atom. The molecule has 10 heavy (non-hydrogen) atoms. The molecule has 1 unspecified atom stereocenters. The molecule has 0 aromatic carbocycles. The summed E-state index contributed by atoms with van der Waals surface area (Å²) in [7, 11) is 1.30. The number of halogens is 2. The number of esters is 1. The largest absolute Gasteiger partial charge is 0.468 e. The Balaban J connectivity index is 3.96. The van der Waals surface area contributed by atoms with Gasteiger partial charge in [0.2, 0.25) is 0 Å². The molecule has 0 rings (SSSR count). The highest BCUT2D eigenvalue weighted by Gasteiger charge is 2.30. The lowest BCUT2D eigenvalue weighted by Gasteiger charge is -2.16. The van der Waals surface area contributed by atoms with Crippen LogP contribution in [0.1, 0.15) is 13.3 Å². The summed E-state index contributed by atoms with van der Waals surface area (Å²) in [6.07, 6.45) is 0.209. The van der Waals surface area contributed by atoms with E-state index in [2.05, 4.69) is 4.74 Å². The highest BCUT2D eigenvalue weighted by Crippen LogP contribution is 2.23. The molecule has 2 nitrogen and oxygen atoms in total. The third-order valence-corrected chi connectivity index (χ3v) is 2.15. The standard InChI is InChI=1S/C6H10FIO2/c1-6(8,3-4-7)5(9)10-2/h3-4H2,1-2H3. The zero-order chi connectivity index (χ0) is 8.20. The maximum Gasteiger partial charge on any atom is 0.321 e. The molecule has 0 aromatic rings. The van der Waals surface area contributed by atoms with Crippen LogP contribution in [0.15, 0.2) is 0 Å². The lowest BCUT2D eigenvalue weighted by Crippen LogP contribution is -2.29. The van der Waals surface area contributed by atoms with Crippen LogP contribution >= 0.6 is 22.6 Å². The quantitative estimate of drug-likeness (QED) is 0.438. The third-order valence-electron chi connectivity index (χ3n) is 1.17. The highest BCUT2D eigenvalue weighted by molar-refractivity contribution is 14.1. The number of carbonyl (C=O) groups excluding carboxylic acids is 1. The molecule has 0 N–H and O–H groups in total. The second-order valence-corrected chi connectivity index (χ2v) is 4.51. The van der Waals surface area contributed by atoms with Crippen LogP contribution in [0.4, 0.5) is 4.39 Å². The Bertz CT molecular complexity index is 125. The minimum absolute atomic E-state index is 0.209. The number of ether oxygens (including phenoxy) is 1. The Kier molecular flexibility index (Phi) is 4.15. The van der Waals surface area contributed by atoms with Crippen molar-refractivity contribution in [1.29, 1.82) is 0 Å². The fourth-order valence-corrected chi connectivity index (χ4v) is 0.916. The topological polar surface area (TPSA) is 26.3 Å². The average molecular weight is 260 g/mol. The van der Waals surface area contributed by atoms with E-state index >= 15 is 0 Å². The van der Waals surface area contributed by atoms with Crippen LogP contribution < -0.4 is 0 Å². The summed E-state index contributed by atoms with van der Waals surface area (Å²) < 4.78 is 15.5. The van der Waals surface area contributed by atoms with Gasteiger partial charge in [0.1, 0.15) is 3.42 Å². The smallest absolute Gasteiger partial charge is 0.321 e. The van der Waals surface area contributed by atoms with Crippen LogP contribution in [0.3, 0.4) is 0 Å². The van der Waals surface area contributed by atoms with E-state index in [0.717, 1.165) is 0 Å². The summed E-state index contributed by atoms with van der Waals surface area (Å²) >= 11 is 1.89. The van der Waals surface area contributed by atoms with Gasteiger partial charge in [0.15, 0.2) is 0 Å². The van der Waals surface area contributed by atoms with Crippen molar-refractivity contribution < 1.29 is 13.9 Å². The number of carbonyl (C=O) groups is 1. The number of hydrogen-bond donors (Lipinski definition) is 0. The predicted molar refractivity (Wildman–Crippen MR) is 45.0 cm³/mol. The third kappa shape index (κ3) is 2.81. The Morgan fingerprint density at radius 2 is 2.30 bits per heavy atom. The summed E-state index contributed by atoms with van der Waals surface area (Å²) in [5, 5.41) is 0. The molecule has 0 amide bonds. The normalized spacial score (nSPS) is 16.0. The summed E-state index contributed by atoms with van der Waals surface area (Å²) in [5.41, 5.74) is 0. The fraction of sp³-hybridized carbons (Fsp3) is 0.833. The molecule has 60 valence electrons. The lowest BCUT2D eigenvalue weighted by molar-refractivity contribution is -0.142. The lowest BCUT2D eigenvalue weighted by atomic mass is 10.1. The Morgan fingerprint density at radius 3 is 2.60 bits per heavy atom. The van der Waals surface area contributed by atoms with Gasteiger partial charge in [-0.25, -0.2) is 0 Å². The molecule has 0 bridgehead atoms. The molecule has 0 spiro atoms. The summed E-state index contributed by atoms with van der Waals surface area (Å²) in [5.74, 6) is -0.370. The molecule has 0 saturated heterocycles. The first-order valence-corrected chi connectivity index (χ1v) is 3.96. The van der Waals surface area contributed by atoms with E-state index in [4.69, 9.17) is 0 Å². The predicted octanol–water partition coefficient (Wildman–Crippen LogP) is 1.71. The molecule has 0 fully saturated rings. The van der Waals surface area contributed by atoms with Gasteiger partial charge in [0.05, 0.1) is 13.8 Å². The Hall–Kier alpha value is 0.130. The Labute approximate surface area is 73.3 Å².